The molecule has 0 aliphatic carbocycles. The fourth-order valence-electron chi connectivity index (χ4n) is 1.88. The molecule has 0 saturated heterocycles. The molecule has 0 saturated carbocycles. The Labute approximate surface area is 107 Å². The van der Waals surface area contributed by atoms with E-state index < -0.39 is 0 Å². The fourth-order valence-corrected chi connectivity index (χ4v) is 1.88. The van der Waals surface area contributed by atoms with Crippen molar-refractivity contribution in [2.24, 2.45) is 7.05 Å². The smallest absolute Gasteiger partial charge is 0.218 e. The summed E-state index contributed by atoms with van der Waals surface area (Å²) in [5.41, 5.74) is 3.16. The van der Waals surface area contributed by atoms with Gasteiger partial charge in [0.05, 0.1) is 18.5 Å². The number of pyridine rings is 1. The molecule has 5 heteroatoms. The number of methoxy groups -OCH3 is 1. The van der Waals surface area contributed by atoms with Crippen LogP contribution in [0.15, 0.2) is 24.5 Å². The van der Waals surface area contributed by atoms with E-state index in [4.69, 9.17) is 4.74 Å². The molecule has 0 amide bonds. The van der Waals surface area contributed by atoms with Crippen LogP contribution >= 0.6 is 0 Å². The highest BCUT2D eigenvalue weighted by Crippen LogP contribution is 2.18. The van der Waals surface area contributed by atoms with Gasteiger partial charge in [-0.3, -0.25) is 4.68 Å². The molecule has 0 aromatic carbocycles. The van der Waals surface area contributed by atoms with Crippen molar-refractivity contribution in [2.45, 2.75) is 19.9 Å². The number of ether oxygens (including phenoxy) is 1. The third-order valence-electron chi connectivity index (χ3n) is 2.75. The maximum atomic E-state index is 5.22. The number of aryl methyl sites for hydroxylation is 2. The molecule has 2 heterocycles. The monoisotopic (exact) mass is 246 g/mol. The van der Waals surface area contributed by atoms with Crippen LogP contribution in [-0.2, 0) is 20.0 Å². The maximum absolute atomic E-state index is 5.22. The van der Waals surface area contributed by atoms with Crippen molar-refractivity contribution in [1.82, 2.24) is 14.8 Å². The van der Waals surface area contributed by atoms with Crippen LogP contribution in [0.5, 0.6) is 5.88 Å². The van der Waals surface area contributed by atoms with E-state index in [-0.39, 0.29) is 0 Å². The lowest BCUT2D eigenvalue weighted by Crippen LogP contribution is -2.03. The van der Waals surface area contributed by atoms with Crippen molar-refractivity contribution >= 4 is 5.69 Å². The highest BCUT2D eigenvalue weighted by atomic mass is 16.5. The molecule has 96 valence electrons. The van der Waals surface area contributed by atoms with Gasteiger partial charge in [-0.1, -0.05) is 13.0 Å². The Morgan fingerprint density at radius 3 is 3.00 bits per heavy atom. The molecular formula is C13H18N4O. The number of nitrogens with one attached hydrogen (secondary N) is 1. The Kier molecular flexibility index (Phi) is 3.82. The first-order valence-corrected chi connectivity index (χ1v) is 5.98. The first-order chi connectivity index (χ1) is 8.74. The molecule has 0 radical (unpaired) electrons. The van der Waals surface area contributed by atoms with E-state index in [1.54, 1.807) is 13.3 Å². The van der Waals surface area contributed by atoms with E-state index in [0.29, 0.717) is 12.4 Å². The zero-order chi connectivity index (χ0) is 13.0. The summed E-state index contributed by atoms with van der Waals surface area (Å²) in [7, 11) is 3.56. The van der Waals surface area contributed by atoms with Crippen LogP contribution in [0.25, 0.3) is 0 Å². The minimum atomic E-state index is 0.659. The summed E-state index contributed by atoms with van der Waals surface area (Å²) >= 11 is 0. The summed E-state index contributed by atoms with van der Waals surface area (Å²) in [6.45, 7) is 2.77. The van der Waals surface area contributed by atoms with Gasteiger partial charge in [-0.05, 0) is 12.5 Å². The van der Waals surface area contributed by atoms with Gasteiger partial charge < -0.3 is 10.1 Å². The lowest BCUT2D eigenvalue weighted by molar-refractivity contribution is 0.393. The van der Waals surface area contributed by atoms with Gasteiger partial charge in [-0.15, -0.1) is 0 Å². The van der Waals surface area contributed by atoms with Gasteiger partial charge in [0.15, 0.2) is 0 Å². The summed E-state index contributed by atoms with van der Waals surface area (Å²) in [5, 5.41) is 7.76. The SMILES string of the molecule is CCc1nn(C)cc1NCc1cccnc1OC. The molecule has 5 nitrogen and oxygen atoms in total. The number of anilines is 1. The lowest BCUT2D eigenvalue weighted by atomic mass is 10.2. The Bertz CT molecular complexity index is 521. The van der Waals surface area contributed by atoms with E-state index in [1.165, 1.54) is 0 Å². The van der Waals surface area contributed by atoms with Crippen molar-refractivity contribution in [3.63, 3.8) is 0 Å². The summed E-state index contributed by atoms with van der Waals surface area (Å²) in [4.78, 5) is 4.17. The highest BCUT2D eigenvalue weighted by Gasteiger charge is 2.07. The van der Waals surface area contributed by atoms with Crippen LogP contribution in [0.1, 0.15) is 18.2 Å². The van der Waals surface area contributed by atoms with Crippen LogP contribution in [-0.4, -0.2) is 21.9 Å². The minimum Gasteiger partial charge on any atom is -0.481 e. The number of rotatable bonds is 5. The summed E-state index contributed by atoms with van der Waals surface area (Å²) < 4.78 is 7.04. The largest absolute Gasteiger partial charge is 0.481 e. The fraction of sp³-hybridized carbons (Fsp3) is 0.385. The molecule has 2 rings (SSSR count). The van der Waals surface area contributed by atoms with Gasteiger partial charge in [0.1, 0.15) is 0 Å². The molecule has 0 aliphatic rings. The molecular weight excluding hydrogens is 228 g/mol. The predicted octanol–water partition coefficient (Wildman–Crippen LogP) is 2.00. The normalized spacial score (nSPS) is 10.4. The summed E-state index contributed by atoms with van der Waals surface area (Å²) in [6.07, 6.45) is 4.62. The van der Waals surface area contributed by atoms with Crippen molar-refractivity contribution in [2.75, 3.05) is 12.4 Å². The minimum absolute atomic E-state index is 0.659. The number of aromatic nitrogens is 3. The van der Waals surface area contributed by atoms with Crippen LogP contribution < -0.4 is 10.1 Å². The second-order valence-corrected chi connectivity index (χ2v) is 4.04. The average Bonchev–Trinajstić information content (AvgIpc) is 2.77. The topological polar surface area (TPSA) is 52.0 Å². The van der Waals surface area contributed by atoms with Crippen molar-refractivity contribution in [3.8, 4) is 5.88 Å². The summed E-state index contributed by atoms with van der Waals surface area (Å²) in [6, 6.07) is 3.91. The van der Waals surface area contributed by atoms with Gasteiger partial charge in [0.2, 0.25) is 5.88 Å². The second-order valence-electron chi connectivity index (χ2n) is 4.04. The van der Waals surface area contributed by atoms with Crippen molar-refractivity contribution in [3.05, 3.63) is 35.8 Å². The molecule has 1 N–H and O–H groups in total. The number of nitrogens with zero attached hydrogens (tertiary/aromatic N) is 3. The third kappa shape index (κ3) is 2.61. The molecule has 0 aliphatic heterocycles. The summed E-state index contributed by atoms with van der Waals surface area (Å²) in [5.74, 6) is 0.659. The van der Waals surface area contributed by atoms with E-state index >= 15 is 0 Å². The van der Waals surface area contributed by atoms with Crippen LogP contribution in [0.3, 0.4) is 0 Å². The van der Waals surface area contributed by atoms with Gasteiger partial charge in [0, 0.05) is 31.5 Å². The lowest BCUT2D eigenvalue weighted by Gasteiger charge is -2.08. The van der Waals surface area contributed by atoms with E-state index in [0.717, 1.165) is 23.4 Å². The zero-order valence-corrected chi connectivity index (χ0v) is 11.0. The molecule has 0 bridgehead atoms. The molecule has 0 fully saturated rings. The van der Waals surface area contributed by atoms with Gasteiger partial charge >= 0.3 is 0 Å². The molecule has 0 unspecified atom stereocenters. The molecule has 0 atom stereocenters. The Balaban J connectivity index is 2.11. The number of hydrogen-bond donors (Lipinski definition) is 1. The van der Waals surface area contributed by atoms with Crippen LogP contribution in [0, 0.1) is 0 Å². The first-order valence-electron chi connectivity index (χ1n) is 5.98. The van der Waals surface area contributed by atoms with Crippen LogP contribution in [0.2, 0.25) is 0 Å². The second kappa shape index (κ2) is 5.53. The van der Waals surface area contributed by atoms with Crippen LogP contribution in [0.4, 0.5) is 5.69 Å². The van der Waals surface area contributed by atoms with E-state index in [9.17, 15) is 0 Å². The molecule has 2 aromatic rings. The zero-order valence-electron chi connectivity index (χ0n) is 11.0. The quantitative estimate of drug-likeness (QED) is 0.876. The Morgan fingerprint density at radius 1 is 1.44 bits per heavy atom. The highest BCUT2D eigenvalue weighted by molar-refractivity contribution is 5.47. The standard InChI is InChI=1S/C13H18N4O/c1-4-11-12(9-17(2)16-11)15-8-10-6-5-7-14-13(10)18-3/h5-7,9,15H,4,8H2,1-3H3. The van der Waals surface area contributed by atoms with E-state index in [1.807, 2.05) is 30.1 Å². The van der Waals surface area contributed by atoms with Crippen molar-refractivity contribution < 1.29 is 4.74 Å². The molecule has 18 heavy (non-hydrogen) atoms. The Hall–Kier alpha value is -2.04. The van der Waals surface area contributed by atoms with E-state index in [2.05, 4.69) is 22.3 Å². The third-order valence-corrected chi connectivity index (χ3v) is 2.75. The predicted molar refractivity (Wildman–Crippen MR) is 70.7 cm³/mol. The van der Waals surface area contributed by atoms with Gasteiger partial charge in [-0.2, -0.15) is 5.10 Å². The maximum Gasteiger partial charge on any atom is 0.218 e. The Morgan fingerprint density at radius 2 is 2.28 bits per heavy atom. The van der Waals surface area contributed by atoms with Crippen molar-refractivity contribution in [1.29, 1.82) is 0 Å². The molecule has 2 aromatic heterocycles. The van der Waals surface area contributed by atoms with Gasteiger partial charge in [0.25, 0.3) is 0 Å². The average molecular weight is 246 g/mol. The van der Waals surface area contributed by atoms with Gasteiger partial charge in [-0.25, -0.2) is 4.98 Å². The number of hydrogen-bond acceptors (Lipinski definition) is 4. The molecule has 0 spiro atoms. The first kappa shape index (κ1) is 12.4.